The maximum absolute atomic E-state index is 8.86. The molecule has 0 aliphatic carbocycles. The van der Waals surface area contributed by atoms with Crippen LogP contribution in [0.4, 0.5) is 0 Å². The van der Waals surface area contributed by atoms with E-state index in [-0.39, 0.29) is 0 Å². The minimum atomic E-state index is 0.379. The number of fused-ring (bicyclic) bond motifs is 1. The quantitative estimate of drug-likeness (QED) is 0.685. The van der Waals surface area contributed by atoms with Crippen LogP contribution in [0.25, 0.3) is 11.0 Å². The van der Waals surface area contributed by atoms with Crippen LogP contribution in [0.2, 0.25) is 0 Å². The molecule has 2 aromatic carbocycles. The maximum atomic E-state index is 8.86. The third-order valence-corrected chi connectivity index (χ3v) is 3.84. The topological polar surface area (TPSA) is 41.6 Å². The summed E-state index contributed by atoms with van der Waals surface area (Å²) < 4.78 is 2.14. The van der Waals surface area contributed by atoms with Gasteiger partial charge in [-0.25, -0.2) is 4.98 Å². The molecule has 0 saturated heterocycles. The van der Waals surface area contributed by atoms with Gasteiger partial charge >= 0.3 is 0 Å². The summed E-state index contributed by atoms with van der Waals surface area (Å²) in [6, 6.07) is 15.9. The number of aromatic nitrogens is 2. The standard InChI is InChI=1S/C17H14ClN3/c1-12-3-2-4-15-17(12)20-16(9-18)21(15)11-14-7-5-13(10-19)6-8-14/h2-8H,9,11H2,1H3. The molecule has 0 radical (unpaired) electrons. The first-order valence-electron chi connectivity index (χ1n) is 6.72. The van der Waals surface area contributed by atoms with Crippen molar-refractivity contribution in [2.75, 3.05) is 0 Å². The zero-order valence-electron chi connectivity index (χ0n) is 11.7. The van der Waals surface area contributed by atoms with Gasteiger partial charge < -0.3 is 4.57 Å². The van der Waals surface area contributed by atoms with Gasteiger partial charge in [-0.15, -0.1) is 11.6 Å². The maximum Gasteiger partial charge on any atom is 0.125 e. The average Bonchev–Trinajstić information content (AvgIpc) is 2.87. The highest BCUT2D eigenvalue weighted by Gasteiger charge is 2.11. The van der Waals surface area contributed by atoms with Crippen molar-refractivity contribution < 1.29 is 0 Å². The van der Waals surface area contributed by atoms with E-state index in [1.54, 1.807) is 0 Å². The Morgan fingerprint density at radius 2 is 1.95 bits per heavy atom. The Kier molecular flexibility index (Phi) is 3.64. The molecule has 3 nitrogen and oxygen atoms in total. The number of aryl methyl sites for hydroxylation is 1. The zero-order valence-corrected chi connectivity index (χ0v) is 12.4. The lowest BCUT2D eigenvalue weighted by molar-refractivity contribution is 0.778. The van der Waals surface area contributed by atoms with Gasteiger partial charge in [0.25, 0.3) is 0 Å². The normalized spacial score (nSPS) is 10.7. The molecule has 0 saturated carbocycles. The molecule has 0 unspecified atom stereocenters. The van der Waals surface area contributed by atoms with Crippen LogP contribution in [-0.4, -0.2) is 9.55 Å². The van der Waals surface area contributed by atoms with E-state index in [0.29, 0.717) is 18.0 Å². The lowest BCUT2D eigenvalue weighted by Crippen LogP contribution is -2.03. The first-order chi connectivity index (χ1) is 10.2. The number of nitrogens with zero attached hydrogens (tertiary/aromatic N) is 3. The first kappa shape index (κ1) is 13.7. The molecule has 3 rings (SSSR count). The number of hydrogen-bond donors (Lipinski definition) is 0. The van der Waals surface area contributed by atoms with Crippen LogP contribution in [-0.2, 0) is 12.4 Å². The summed E-state index contributed by atoms with van der Waals surface area (Å²) in [5.74, 6) is 1.25. The largest absolute Gasteiger partial charge is 0.322 e. The fraction of sp³-hybridized carbons (Fsp3) is 0.176. The molecule has 4 heteroatoms. The summed E-state index contributed by atoms with van der Waals surface area (Å²) in [5, 5.41) is 8.86. The predicted molar refractivity (Wildman–Crippen MR) is 84.3 cm³/mol. The zero-order chi connectivity index (χ0) is 14.8. The van der Waals surface area contributed by atoms with E-state index in [1.165, 1.54) is 0 Å². The highest BCUT2D eigenvalue weighted by atomic mass is 35.5. The van der Waals surface area contributed by atoms with Gasteiger partial charge in [0.05, 0.1) is 28.5 Å². The molecule has 1 heterocycles. The average molecular weight is 296 g/mol. The number of alkyl halides is 1. The van der Waals surface area contributed by atoms with Crippen LogP contribution < -0.4 is 0 Å². The summed E-state index contributed by atoms with van der Waals surface area (Å²) in [6.07, 6.45) is 0. The van der Waals surface area contributed by atoms with Gasteiger partial charge in [-0.1, -0.05) is 24.3 Å². The van der Waals surface area contributed by atoms with Crippen molar-refractivity contribution in [1.29, 1.82) is 5.26 Å². The molecule has 3 aromatic rings. The van der Waals surface area contributed by atoms with Gasteiger partial charge in [0.15, 0.2) is 0 Å². The first-order valence-corrected chi connectivity index (χ1v) is 7.26. The number of halogens is 1. The molecule has 0 N–H and O–H groups in total. The van der Waals surface area contributed by atoms with Crippen LogP contribution in [0.1, 0.15) is 22.5 Å². The van der Waals surface area contributed by atoms with Gasteiger partial charge in [-0.3, -0.25) is 0 Å². The van der Waals surface area contributed by atoms with E-state index < -0.39 is 0 Å². The van der Waals surface area contributed by atoms with E-state index in [4.69, 9.17) is 16.9 Å². The van der Waals surface area contributed by atoms with Crippen molar-refractivity contribution in [3.05, 3.63) is 65.0 Å². The Hall–Kier alpha value is -2.31. The van der Waals surface area contributed by atoms with Gasteiger partial charge in [-0.05, 0) is 36.2 Å². The minimum Gasteiger partial charge on any atom is -0.322 e. The summed E-state index contributed by atoms with van der Waals surface area (Å²) in [7, 11) is 0. The van der Waals surface area contributed by atoms with Crippen molar-refractivity contribution in [1.82, 2.24) is 9.55 Å². The number of benzene rings is 2. The van der Waals surface area contributed by atoms with E-state index in [0.717, 1.165) is 28.0 Å². The number of hydrogen-bond acceptors (Lipinski definition) is 2. The SMILES string of the molecule is Cc1cccc2c1nc(CCl)n2Cc1ccc(C#N)cc1. The Balaban J connectivity index is 2.06. The Morgan fingerprint density at radius 1 is 1.19 bits per heavy atom. The van der Waals surface area contributed by atoms with Crippen molar-refractivity contribution >= 4 is 22.6 Å². The summed E-state index contributed by atoms with van der Waals surface area (Å²) in [4.78, 5) is 4.64. The molecule has 0 fully saturated rings. The lowest BCUT2D eigenvalue weighted by Gasteiger charge is -2.08. The second-order valence-corrected chi connectivity index (χ2v) is 5.27. The van der Waals surface area contributed by atoms with Crippen LogP contribution >= 0.6 is 11.6 Å². The fourth-order valence-electron chi connectivity index (χ4n) is 2.48. The summed E-state index contributed by atoms with van der Waals surface area (Å²) >= 11 is 6.04. The number of imidazole rings is 1. The molecule has 0 amide bonds. The van der Waals surface area contributed by atoms with E-state index >= 15 is 0 Å². The van der Waals surface area contributed by atoms with Gasteiger partial charge in [-0.2, -0.15) is 5.26 Å². The van der Waals surface area contributed by atoms with E-state index in [9.17, 15) is 0 Å². The predicted octanol–water partition coefficient (Wildman–Crippen LogP) is 4.00. The van der Waals surface area contributed by atoms with E-state index in [1.807, 2.05) is 30.3 Å². The van der Waals surface area contributed by atoms with Crippen LogP contribution in [0.5, 0.6) is 0 Å². The Morgan fingerprint density at radius 3 is 2.62 bits per heavy atom. The number of nitriles is 1. The molecule has 0 atom stereocenters. The summed E-state index contributed by atoms with van der Waals surface area (Å²) in [5.41, 5.74) is 5.04. The molecule has 1 aromatic heterocycles. The Bertz CT molecular complexity index is 826. The van der Waals surface area contributed by atoms with Gasteiger partial charge in [0.1, 0.15) is 5.82 Å². The lowest BCUT2D eigenvalue weighted by atomic mass is 10.1. The monoisotopic (exact) mass is 295 g/mol. The molecule has 104 valence electrons. The number of rotatable bonds is 3. The van der Waals surface area contributed by atoms with Crippen molar-refractivity contribution in [3.63, 3.8) is 0 Å². The molecular formula is C17H14ClN3. The minimum absolute atomic E-state index is 0.379. The van der Waals surface area contributed by atoms with Crippen molar-refractivity contribution in [2.45, 2.75) is 19.3 Å². The molecule has 21 heavy (non-hydrogen) atoms. The number of para-hydroxylation sites is 1. The smallest absolute Gasteiger partial charge is 0.125 e. The summed E-state index contributed by atoms with van der Waals surface area (Å²) in [6.45, 7) is 2.76. The molecule has 0 aliphatic heterocycles. The van der Waals surface area contributed by atoms with E-state index in [2.05, 4.69) is 34.7 Å². The molecular weight excluding hydrogens is 282 g/mol. The van der Waals surface area contributed by atoms with Crippen LogP contribution in [0.3, 0.4) is 0 Å². The molecule has 0 spiro atoms. The third kappa shape index (κ3) is 2.51. The van der Waals surface area contributed by atoms with Crippen molar-refractivity contribution in [3.8, 4) is 6.07 Å². The second kappa shape index (κ2) is 5.59. The highest BCUT2D eigenvalue weighted by molar-refractivity contribution is 6.16. The molecule has 0 bridgehead atoms. The molecule has 0 aliphatic rings. The van der Waals surface area contributed by atoms with Gasteiger partial charge in [0.2, 0.25) is 0 Å². The third-order valence-electron chi connectivity index (χ3n) is 3.60. The second-order valence-electron chi connectivity index (χ2n) is 5.00. The Labute approximate surface area is 128 Å². The van der Waals surface area contributed by atoms with Crippen LogP contribution in [0.15, 0.2) is 42.5 Å². The fourth-order valence-corrected chi connectivity index (χ4v) is 2.68. The van der Waals surface area contributed by atoms with Crippen LogP contribution in [0, 0.1) is 18.3 Å². The van der Waals surface area contributed by atoms with Gasteiger partial charge in [0, 0.05) is 6.54 Å². The highest BCUT2D eigenvalue weighted by Crippen LogP contribution is 2.22. The van der Waals surface area contributed by atoms with Crippen molar-refractivity contribution in [2.24, 2.45) is 0 Å².